The molecule has 1 aromatic rings. The van der Waals surface area contributed by atoms with E-state index in [4.69, 9.17) is 0 Å². The molecule has 0 radical (unpaired) electrons. The maximum atomic E-state index is 12.1. The molecule has 1 aliphatic rings. The van der Waals surface area contributed by atoms with Gasteiger partial charge in [0.25, 0.3) is 5.69 Å². The fourth-order valence-corrected chi connectivity index (χ4v) is 2.35. The van der Waals surface area contributed by atoms with Gasteiger partial charge in [-0.3, -0.25) is 14.9 Å². The zero-order valence-electron chi connectivity index (χ0n) is 11.8. The standard InChI is InChI=1S/C15H18N2O4/c1-11-10-16(8-7-14(11)18)15(19)6-5-12-3-2-4-13(9-12)17(20)21/h2-6,9,11,14,18H,7-8,10H2,1H3/b6-5+. The molecule has 2 unspecified atom stereocenters. The van der Waals surface area contributed by atoms with Gasteiger partial charge in [0.2, 0.25) is 5.91 Å². The van der Waals surface area contributed by atoms with Crippen LogP contribution in [0.3, 0.4) is 0 Å². The Hall–Kier alpha value is -2.21. The molecule has 1 fully saturated rings. The molecule has 0 aromatic heterocycles. The minimum Gasteiger partial charge on any atom is -0.393 e. The molecule has 0 spiro atoms. The number of aliphatic hydroxyl groups excluding tert-OH is 1. The Kier molecular flexibility index (Phi) is 4.70. The second-order valence-corrected chi connectivity index (χ2v) is 5.30. The summed E-state index contributed by atoms with van der Waals surface area (Å²) in [5, 5.41) is 20.3. The predicted molar refractivity (Wildman–Crippen MR) is 78.5 cm³/mol. The largest absolute Gasteiger partial charge is 0.393 e. The minimum atomic E-state index is -0.465. The zero-order valence-corrected chi connectivity index (χ0v) is 11.8. The number of likely N-dealkylation sites (tertiary alicyclic amines) is 1. The Morgan fingerprint density at radius 1 is 1.52 bits per heavy atom. The van der Waals surface area contributed by atoms with Crippen LogP contribution < -0.4 is 0 Å². The monoisotopic (exact) mass is 290 g/mol. The molecule has 2 atom stereocenters. The van der Waals surface area contributed by atoms with E-state index < -0.39 is 4.92 Å². The number of benzene rings is 1. The normalized spacial score (nSPS) is 22.5. The van der Waals surface area contributed by atoms with Crippen LogP contribution in [0.4, 0.5) is 5.69 Å². The highest BCUT2D eigenvalue weighted by molar-refractivity contribution is 5.91. The number of nitro groups is 1. The summed E-state index contributed by atoms with van der Waals surface area (Å²) < 4.78 is 0. The molecule has 21 heavy (non-hydrogen) atoms. The van der Waals surface area contributed by atoms with Crippen LogP contribution in [-0.4, -0.2) is 40.0 Å². The van der Waals surface area contributed by atoms with E-state index in [9.17, 15) is 20.0 Å². The van der Waals surface area contributed by atoms with E-state index in [0.29, 0.717) is 25.1 Å². The lowest BCUT2D eigenvalue weighted by molar-refractivity contribution is -0.384. The average Bonchev–Trinajstić information content (AvgIpc) is 2.48. The third kappa shape index (κ3) is 3.88. The second kappa shape index (κ2) is 6.49. The molecule has 112 valence electrons. The molecule has 1 saturated heterocycles. The first-order valence-corrected chi connectivity index (χ1v) is 6.87. The van der Waals surface area contributed by atoms with Crippen molar-refractivity contribution in [1.29, 1.82) is 0 Å². The maximum Gasteiger partial charge on any atom is 0.270 e. The molecule has 1 N–H and O–H groups in total. The minimum absolute atomic E-state index is 0.000633. The zero-order chi connectivity index (χ0) is 15.4. The van der Waals surface area contributed by atoms with Gasteiger partial charge in [-0.05, 0) is 24.0 Å². The summed E-state index contributed by atoms with van der Waals surface area (Å²) in [6.07, 6.45) is 3.22. The van der Waals surface area contributed by atoms with E-state index in [0.717, 1.165) is 0 Å². The van der Waals surface area contributed by atoms with E-state index in [2.05, 4.69) is 0 Å². The van der Waals surface area contributed by atoms with Crippen LogP contribution in [0.1, 0.15) is 18.9 Å². The first-order chi connectivity index (χ1) is 9.97. The Morgan fingerprint density at radius 3 is 2.95 bits per heavy atom. The molecule has 0 saturated carbocycles. The SMILES string of the molecule is CC1CN(C(=O)/C=C/c2cccc([N+](=O)[O-])c2)CCC1O. The quantitative estimate of drug-likeness (QED) is 0.523. The molecule has 1 heterocycles. The lowest BCUT2D eigenvalue weighted by Crippen LogP contribution is -2.44. The number of carbonyl (C=O) groups is 1. The summed E-state index contributed by atoms with van der Waals surface area (Å²) in [5.41, 5.74) is 0.613. The van der Waals surface area contributed by atoms with E-state index >= 15 is 0 Å². The summed E-state index contributed by atoms with van der Waals surface area (Å²) >= 11 is 0. The number of piperidine rings is 1. The molecule has 0 bridgehead atoms. The number of nitro benzene ring substituents is 1. The second-order valence-electron chi connectivity index (χ2n) is 5.30. The molecule has 6 nitrogen and oxygen atoms in total. The Labute approximate surface area is 122 Å². The van der Waals surface area contributed by atoms with Gasteiger partial charge in [0, 0.05) is 31.3 Å². The Morgan fingerprint density at radius 2 is 2.29 bits per heavy atom. The molecular formula is C15H18N2O4. The summed E-state index contributed by atoms with van der Waals surface area (Å²) in [7, 11) is 0. The first-order valence-electron chi connectivity index (χ1n) is 6.87. The van der Waals surface area contributed by atoms with Crippen LogP contribution in [-0.2, 0) is 4.79 Å². The van der Waals surface area contributed by atoms with Gasteiger partial charge in [-0.2, -0.15) is 0 Å². The Balaban J connectivity index is 2.02. The fourth-order valence-electron chi connectivity index (χ4n) is 2.35. The van der Waals surface area contributed by atoms with Crippen molar-refractivity contribution >= 4 is 17.7 Å². The van der Waals surface area contributed by atoms with E-state index in [1.54, 1.807) is 23.1 Å². The van der Waals surface area contributed by atoms with Crippen LogP contribution in [0.15, 0.2) is 30.3 Å². The van der Waals surface area contributed by atoms with Crippen molar-refractivity contribution in [3.8, 4) is 0 Å². The lowest BCUT2D eigenvalue weighted by atomic mass is 9.97. The van der Waals surface area contributed by atoms with Gasteiger partial charge in [0.05, 0.1) is 11.0 Å². The van der Waals surface area contributed by atoms with Gasteiger partial charge < -0.3 is 10.0 Å². The number of carbonyl (C=O) groups excluding carboxylic acids is 1. The number of hydrogen-bond acceptors (Lipinski definition) is 4. The number of nitrogens with zero attached hydrogens (tertiary/aromatic N) is 2. The third-order valence-electron chi connectivity index (χ3n) is 3.67. The van der Waals surface area contributed by atoms with Crippen molar-refractivity contribution < 1.29 is 14.8 Å². The molecule has 1 aliphatic heterocycles. The highest BCUT2D eigenvalue weighted by atomic mass is 16.6. The van der Waals surface area contributed by atoms with Crippen molar-refractivity contribution in [2.24, 2.45) is 5.92 Å². The molecule has 1 amide bonds. The first kappa shape index (κ1) is 15.2. The van der Waals surface area contributed by atoms with E-state index in [-0.39, 0.29) is 23.6 Å². The van der Waals surface area contributed by atoms with Crippen molar-refractivity contribution in [3.63, 3.8) is 0 Å². The molecule has 1 aromatic carbocycles. The van der Waals surface area contributed by atoms with Crippen LogP contribution >= 0.6 is 0 Å². The van der Waals surface area contributed by atoms with Crippen molar-refractivity contribution in [2.75, 3.05) is 13.1 Å². The number of non-ortho nitro benzene ring substituents is 1. The summed E-state index contributed by atoms with van der Waals surface area (Å²) in [5.74, 6) is -0.0748. The van der Waals surface area contributed by atoms with Crippen LogP contribution in [0, 0.1) is 16.0 Å². The van der Waals surface area contributed by atoms with Crippen LogP contribution in [0.25, 0.3) is 6.08 Å². The highest BCUT2D eigenvalue weighted by Crippen LogP contribution is 2.18. The number of hydrogen-bond donors (Lipinski definition) is 1. The lowest BCUT2D eigenvalue weighted by Gasteiger charge is -2.33. The predicted octanol–water partition coefficient (Wildman–Crippen LogP) is 1.84. The molecule has 0 aliphatic carbocycles. The van der Waals surface area contributed by atoms with Gasteiger partial charge in [0.1, 0.15) is 0 Å². The maximum absolute atomic E-state index is 12.1. The fraction of sp³-hybridized carbons (Fsp3) is 0.400. The smallest absolute Gasteiger partial charge is 0.270 e. The van der Waals surface area contributed by atoms with Gasteiger partial charge in [-0.15, -0.1) is 0 Å². The van der Waals surface area contributed by atoms with E-state index in [1.807, 2.05) is 6.92 Å². The summed E-state index contributed by atoms with van der Waals surface area (Å²) in [6.45, 7) is 2.97. The summed E-state index contributed by atoms with van der Waals surface area (Å²) in [6, 6.07) is 6.13. The van der Waals surface area contributed by atoms with E-state index in [1.165, 1.54) is 18.2 Å². The van der Waals surface area contributed by atoms with Gasteiger partial charge in [-0.1, -0.05) is 19.1 Å². The average molecular weight is 290 g/mol. The topological polar surface area (TPSA) is 83.7 Å². The molecule has 6 heteroatoms. The van der Waals surface area contributed by atoms with Crippen molar-refractivity contribution in [1.82, 2.24) is 4.90 Å². The van der Waals surface area contributed by atoms with Crippen LogP contribution in [0.5, 0.6) is 0 Å². The van der Waals surface area contributed by atoms with Crippen molar-refractivity contribution in [3.05, 3.63) is 46.0 Å². The highest BCUT2D eigenvalue weighted by Gasteiger charge is 2.25. The van der Waals surface area contributed by atoms with Gasteiger partial charge in [0.15, 0.2) is 0 Å². The Bertz CT molecular complexity index is 571. The molecular weight excluding hydrogens is 272 g/mol. The number of rotatable bonds is 3. The van der Waals surface area contributed by atoms with Crippen molar-refractivity contribution in [2.45, 2.75) is 19.4 Å². The number of amides is 1. The molecule has 2 rings (SSSR count). The van der Waals surface area contributed by atoms with Crippen LogP contribution in [0.2, 0.25) is 0 Å². The van der Waals surface area contributed by atoms with Gasteiger partial charge in [-0.25, -0.2) is 0 Å². The summed E-state index contributed by atoms with van der Waals surface area (Å²) in [4.78, 5) is 24.0. The number of aliphatic hydroxyl groups is 1. The van der Waals surface area contributed by atoms with Gasteiger partial charge >= 0.3 is 0 Å². The third-order valence-corrected chi connectivity index (χ3v) is 3.67.